The van der Waals surface area contributed by atoms with E-state index in [1.165, 1.54) is 0 Å². The van der Waals surface area contributed by atoms with Crippen molar-refractivity contribution in [1.29, 1.82) is 0 Å². The number of nitrogens with two attached hydrogens (primary N) is 1. The van der Waals surface area contributed by atoms with Crippen LogP contribution in [0.15, 0.2) is 0 Å². The van der Waals surface area contributed by atoms with Crippen LogP contribution in [-0.4, -0.2) is 43.2 Å². The lowest BCUT2D eigenvalue weighted by molar-refractivity contribution is -0.130. The molecule has 0 bridgehead atoms. The van der Waals surface area contributed by atoms with Gasteiger partial charge >= 0.3 is 0 Å². The van der Waals surface area contributed by atoms with Crippen LogP contribution in [0.3, 0.4) is 0 Å². The Hall–Kier alpha value is -0.650. The fourth-order valence-electron chi connectivity index (χ4n) is 2.31. The molecule has 0 aromatic heterocycles. The van der Waals surface area contributed by atoms with Gasteiger partial charge in [-0.1, -0.05) is 0 Å². The number of carbonyl (C=O) groups excluding carboxylic acids is 1. The minimum Gasteiger partial charge on any atom is -0.377 e. The lowest BCUT2D eigenvalue weighted by atomic mass is 9.91. The quantitative estimate of drug-likeness (QED) is 0.408. The average Bonchev–Trinajstić information content (AvgIpc) is 2.62. The molecule has 94 valence electrons. The molecule has 2 atom stereocenters. The number of nitrogens with one attached hydrogen (secondary N) is 1. The molecule has 0 saturated carbocycles. The molecule has 1 saturated heterocycles. The first-order valence-corrected chi connectivity index (χ1v) is 5.71. The molecule has 1 fully saturated rings. The van der Waals surface area contributed by atoms with Crippen molar-refractivity contribution in [3.63, 3.8) is 0 Å². The number of hydrazine groups is 1. The summed E-state index contributed by atoms with van der Waals surface area (Å²) in [6.45, 7) is 7.34. The number of hydrogen-bond donors (Lipinski definition) is 2. The van der Waals surface area contributed by atoms with Gasteiger partial charge in [-0.15, -0.1) is 0 Å². The molecular weight excluding hydrogens is 206 g/mol. The molecule has 5 nitrogen and oxygen atoms in total. The van der Waals surface area contributed by atoms with Gasteiger partial charge in [-0.25, -0.2) is 5.84 Å². The van der Waals surface area contributed by atoms with E-state index in [1.807, 2.05) is 20.9 Å². The van der Waals surface area contributed by atoms with Gasteiger partial charge in [0.15, 0.2) is 0 Å². The first kappa shape index (κ1) is 13.4. The summed E-state index contributed by atoms with van der Waals surface area (Å²) in [6.07, 6.45) is 1.26. The molecule has 1 aliphatic heterocycles. The second-order valence-electron chi connectivity index (χ2n) is 5.20. The average molecular weight is 229 g/mol. The van der Waals surface area contributed by atoms with E-state index in [-0.39, 0.29) is 12.0 Å². The van der Waals surface area contributed by atoms with Gasteiger partial charge in [-0.05, 0) is 34.2 Å². The van der Waals surface area contributed by atoms with E-state index in [2.05, 4.69) is 17.2 Å². The number of nitrogens with zero attached hydrogens (tertiary/aromatic N) is 1. The minimum absolute atomic E-state index is 0.133. The number of hydrogen-bond acceptors (Lipinski definition) is 4. The minimum atomic E-state index is -0.480. The monoisotopic (exact) mass is 229 g/mol. The highest BCUT2D eigenvalue weighted by atomic mass is 16.5. The third-order valence-electron chi connectivity index (χ3n) is 3.29. The molecule has 1 heterocycles. The van der Waals surface area contributed by atoms with Crippen molar-refractivity contribution in [2.45, 2.75) is 39.3 Å². The first-order valence-electron chi connectivity index (χ1n) is 5.71. The predicted octanol–water partition coefficient (Wildman–Crippen LogP) is 0.112. The zero-order valence-corrected chi connectivity index (χ0v) is 10.6. The second-order valence-corrected chi connectivity index (χ2v) is 5.20. The van der Waals surface area contributed by atoms with E-state index in [9.17, 15) is 4.79 Å². The fraction of sp³-hybridized carbons (Fsp3) is 0.909. The van der Waals surface area contributed by atoms with Crippen LogP contribution in [0.4, 0.5) is 0 Å². The lowest BCUT2D eigenvalue weighted by Crippen LogP contribution is -2.49. The predicted molar refractivity (Wildman–Crippen MR) is 62.6 cm³/mol. The smallest absolute Gasteiger partial charge is 0.240 e. The Morgan fingerprint density at radius 2 is 2.25 bits per heavy atom. The molecule has 0 aromatic rings. The molecule has 5 heteroatoms. The van der Waals surface area contributed by atoms with E-state index in [0.717, 1.165) is 13.0 Å². The number of likely N-dealkylation sites (N-methyl/N-ethyl adjacent to an activating group) is 1. The first-order chi connectivity index (χ1) is 7.38. The fourth-order valence-corrected chi connectivity index (χ4v) is 2.31. The molecule has 0 spiro atoms. The highest BCUT2D eigenvalue weighted by molar-refractivity contribution is 5.81. The third-order valence-corrected chi connectivity index (χ3v) is 3.29. The van der Waals surface area contributed by atoms with Crippen LogP contribution in [0.1, 0.15) is 27.2 Å². The van der Waals surface area contributed by atoms with Crippen molar-refractivity contribution in [3.8, 4) is 0 Å². The summed E-state index contributed by atoms with van der Waals surface area (Å²) in [7, 11) is 2.03. The van der Waals surface area contributed by atoms with Crippen molar-refractivity contribution in [2.24, 2.45) is 11.3 Å². The number of rotatable bonds is 4. The Balaban J connectivity index is 2.56. The molecule has 0 radical (unpaired) electrons. The van der Waals surface area contributed by atoms with Gasteiger partial charge in [0, 0.05) is 19.2 Å². The van der Waals surface area contributed by atoms with Crippen LogP contribution in [-0.2, 0) is 9.53 Å². The second kappa shape index (κ2) is 5.12. The topological polar surface area (TPSA) is 67.6 Å². The van der Waals surface area contributed by atoms with Gasteiger partial charge in [0.05, 0.1) is 11.5 Å². The standard InChI is InChI=1S/C11H23N3O2/c1-8-9(5-6-16-8)14(4)7-11(2,3)10(15)13-12/h8-9H,5-7,12H2,1-4H3,(H,13,15). The summed E-state index contributed by atoms with van der Waals surface area (Å²) in [6, 6.07) is 0.393. The molecule has 0 aromatic carbocycles. The molecule has 1 rings (SSSR count). The zero-order valence-electron chi connectivity index (χ0n) is 10.6. The van der Waals surface area contributed by atoms with Crippen molar-refractivity contribution < 1.29 is 9.53 Å². The summed E-state index contributed by atoms with van der Waals surface area (Å²) in [5, 5.41) is 0. The van der Waals surface area contributed by atoms with Gasteiger partial charge in [-0.3, -0.25) is 15.1 Å². The summed E-state index contributed by atoms with van der Waals surface area (Å²) >= 11 is 0. The number of ether oxygens (including phenoxy) is 1. The van der Waals surface area contributed by atoms with Crippen LogP contribution in [0.5, 0.6) is 0 Å². The van der Waals surface area contributed by atoms with Gasteiger partial charge in [0.1, 0.15) is 0 Å². The number of amides is 1. The third kappa shape index (κ3) is 2.93. The molecule has 1 aliphatic rings. The largest absolute Gasteiger partial charge is 0.377 e. The molecule has 0 aliphatic carbocycles. The van der Waals surface area contributed by atoms with Crippen LogP contribution >= 0.6 is 0 Å². The molecule has 3 N–H and O–H groups in total. The zero-order chi connectivity index (χ0) is 12.3. The van der Waals surface area contributed by atoms with Crippen molar-refractivity contribution >= 4 is 5.91 Å². The van der Waals surface area contributed by atoms with E-state index >= 15 is 0 Å². The van der Waals surface area contributed by atoms with Crippen molar-refractivity contribution in [3.05, 3.63) is 0 Å². The van der Waals surface area contributed by atoms with Crippen LogP contribution in [0.25, 0.3) is 0 Å². The van der Waals surface area contributed by atoms with Gasteiger partial charge < -0.3 is 4.74 Å². The van der Waals surface area contributed by atoms with E-state index < -0.39 is 5.41 Å². The van der Waals surface area contributed by atoms with Crippen molar-refractivity contribution in [2.75, 3.05) is 20.2 Å². The molecule has 16 heavy (non-hydrogen) atoms. The molecule has 2 unspecified atom stereocenters. The van der Waals surface area contributed by atoms with Crippen LogP contribution in [0.2, 0.25) is 0 Å². The van der Waals surface area contributed by atoms with Gasteiger partial charge in [-0.2, -0.15) is 0 Å². The summed E-state index contributed by atoms with van der Waals surface area (Å²) in [5.74, 6) is 5.04. The maximum atomic E-state index is 11.6. The normalized spacial score (nSPS) is 26.1. The highest BCUT2D eigenvalue weighted by Crippen LogP contribution is 2.23. The van der Waals surface area contributed by atoms with E-state index in [1.54, 1.807) is 0 Å². The maximum Gasteiger partial charge on any atom is 0.240 e. The SMILES string of the molecule is CC1OCCC1N(C)CC(C)(C)C(=O)NN. The Morgan fingerprint density at radius 1 is 1.62 bits per heavy atom. The highest BCUT2D eigenvalue weighted by Gasteiger charge is 2.34. The van der Waals surface area contributed by atoms with Crippen LogP contribution < -0.4 is 11.3 Å². The summed E-state index contributed by atoms with van der Waals surface area (Å²) < 4.78 is 5.52. The molecule has 1 amide bonds. The van der Waals surface area contributed by atoms with Crippen LogP contribution in [0, 0.1) is 5.41 Å². The Labute approximate surface area is 97.3 Å². The lowest BCUT2D eigenvalue weighted by Gasteiger charge is -2.33. The summed E-state index contributed by atoms with van der Waals surface area (Å²) in [4.78, 5) is 13.8. The van der Waals surface area contributed by atoms with E-state index in [0.29, 0.717) is 12.6 Å². The Kier molecular flexibility index (Phi) is 4.29. The molecular formula is C11H23N3O2. The van der Waals surface area contributed by atoms with Crippen molar-refractivity contribution in [1.82, 2.24) is 10.3 Å². The maximum absolute atomic E-state index is 11.6. The van der Waals surface area contributed by atoms with E-state index in [4.69, 9.17) is 10.6 Å². The van der Waals surface area contributed by atoms with Gasteiger partial charge in [0.2, 0.25) is 5.91 Å². The Bertz CT molecular complexity index is 256. The summed E-state index contributed by atoms with van der Waals surface area (Å²) in [5.41, 5.74) is 1.74. The van der Waals surface area contributed by atoms with Gasteiger partial charge in [0.25, 0.3) is 0 Å². The Morgan fingerprint density at radius 3 is 2.69 bits per heavy atom. The number of carbonyl (C=O) groups is 1.